The summed E-state index contributed by atoms with van der Waals surface area (Å²) in [5.74, 6) is -1.58. The van der Waals surface area contributed by atoms with E-state index in [1.165, 1.54) is 32.8 Å². The van der Waals surface area contributed by atoms with Crippen LogP contribution in [-0.4, -0.2) is 66.3 Å². The zero-order valence-electron chi connectivity index (χ0n) is 18.6. The highest BCUT2D eigenvalue weighted by atomic mass is 32.2. The molecule has 1 saturated heterocycles. The van der Waals surface area contributed by atoms with Gasteiger partial charge in [0.05, 0.1) is 16.8 Å². The molecule has 180 valence electrons. The molecule has 1 aliphatic rings. The minimum absolute atomic E-state index is 0.0611. The monoisotopic (exact) mass is 487 g/mol. The number of rotatable bonds is 7. The minimum atomic E-state index is -3.62. The van der Waals surface area contributed by atoms with Gasteiger partial charge >= 0.3 is 11.7 Å². The molecule has 0 saturated carbocycles. The van der Waals surface area contributed by atoms with E-state index in [2.05, 4.69) is 0 Å². The molecule has 3 aromatic rings. The van der Waals surface area contributed by atoms with Gasteiger partial charge in [0.25, 0.3) is 5.91 Å². The van der Waals surface area contributed by atoms with Gasteiger partial charge in [-0.1, -0.05) is 30.3 Å². The maximum atomic E-state index is 12.7. The van der Waals surface area contributed by atoms with Crippen LogP contribution in [0.5, 0.6) is 0 Å². The van der Waals surface area contributed by atoms with Crippen molar-refractivity contribution < 1.29 is 27.2 Å². The number of sulfonamides is 1. The van der Waals surface area contributed by atoms with Crippen molar-refractivity contribution in [2.45, 2.75) is 30.9 Å². The predicted molar refractivity (Wildman–Crippen MR) is 122 cm³/mol. The number of aryl methyl sites for hydroxylation is 1. The van der Waals surface area contributed by atoms with Gasteiger partial charge in [-0.15, -0.1) is 0 Å². The number of fused-ring (bicyclic) bond motifs is 1. The number of piperazine rings is 1. The first-order chi connectivity index (χ1) is 16.3. The third-order valence-corrected chi connectivity index (χ3v) is 7.61. The van der Waals surface area contributed by atoms with Gasteiger partial charge in [-0.3, -0.25) is 14.2 Å². The Morgan fingerprint density at radius 1 is 1.00 bits per heavy atom. The van der Waals surface area contributed by atoms with E-state index in [-0.39, 0.29) is 44.0 Å². The summed E-state index contributed by atoms with van der Waals surface area (Å²) in [6.45, 7) is 2.24. The molecule has 10 nitrogen and oxygen atoms in total. The van der Waals surface area contributed by atoms with Crippen LogP contribution in [0.25, 0.3) is 11.1 Å². The second kappa shape index (κ2) is 9.82. The van der Waals surface area contributed by atoms with Crippen molar-refractivity contribution in [3.63, 3.8) is 0 Å². The molecular formula is C23H25N3O7S. The van der Waals surface area contributed by atoms with Gasteiger partial charge < -0.3 is 14.1 Å². The molecule has 1 amide bonds. The second-order valence-corrected chi connectivity index (χ2v) is 9.85. The third-order valence-electron chi connectivity index (χ3n) is 5.70. The van der Waals surface area contributed by atoms with Gasteiger partial charge in [-0.2, -0.15) is 4.31 Å². The second-order valence-electron chi connectivity index (χ2n) is 7.91. The lowest BCUT2D eigenvalue weighted by molar-refractivity contribution is -0.159. The lowest BCUT2D eigenvalue weighted by atomic mass is 10.3. The summed E-state index contributed by atoms with van der Waals surface area (Å²) in [4.78, 5) is 38.7. The molecule has 0 unspecified atom stereocenters. The molecule has 2 heterocycles. The Bertz CT molecular complexity index is 1340. The van der Waals surface area contributed by atoms with Gasteiger partial charge in [0.1, 0.15) is 0 Å². The summed E-state index contributed by atoms with van der Waals surface area (Å²) in [7, 11) is -3.62. The number of para-hydroxylation sites is 2. The van der Waals surface area contributed by atoms with E-state index < -0.39 is 33.8 Å². The van der Waals surface area contributed by atoms with Crippen molar-refractivity contribution in [1.82, 2.24) is 13.8 Å². The van der Waals surface area contributed by atoms with Gasteiger partial charge in [-0.05, 0) is 31.2 Å². The van der Waals surface area contributed by atoms with E-state index in [0.717, 1.165) is 0 Å². The Morgan fingerprint density at radius 2 is 1.65 bits per heavy atom. The molecule has 11 heteroatoms. The molecule has 0 spiro atoms. The number of esters is 1. The van der Waals surface area contributed by atoms with Crippen LogP contribution in [0.2, 0.25) is 0 Å². The maximum absolute atomic E-state index is 12.7. The van der Waals surface area contributed by atoms with E-state index >= 15 is 0 Å². The van der Waals surface area contributed by atoms with Gasteiger partial charge in [0.15, 0.2) is 11.7 Å². The molecule has 0 bridgehead atoms. The fourth-order valence-corrected chi connectivity index (χ4v) is 5.33. The van der Waals surface area contributed by atoms with E-state index in [9.17, 15) is 22.8 Å². The fourth-order valence-electron chi connectivity index (χ4n) is 3.88. The SMILES string of the molecule is C[C@@H](OC(=O)CCn1c(=O)oc2ccccc21)C(=O)N1CCN(S(=O)(=O)c2ccccc2)CC1. The fraction of sp³-hybridized carbons (Fsp3) is 0.348. The number of nitrogens with zero attached hydrogens (tertiary/aromatic N) is 3. The molecule has 4 rings (SSSR count). The molecule has 1 aliphatic heterocycles. The highest BCUT2D eigenvalue weighted by molar-refractivity contribution is 7.89. The minimum Gasteiger partial charge on any atom is -0.452 e. The van der Waals surface area contributed by atoms with E-state index in [4.69, 9.17) is 9.15 Å². The van der Waals surface area contributed by atoms with E-state index in [0.29, 0.717) is 11.1 Å². The van der Waals surface area contributed by atoms with Crippen LogP contribution < -0.4 is 5.76 Å². The van der Waals surface area contributed by atoms with Crippen LogP contribution in [0.4, 0.5) is 0 Å². The highest BCUT2D eigenvalue weighted by Gasteiger charge is 2.32. The molecule has 1 aromatic heterocycles. The highest BCUT2D eigenvalue weighted by Crippen LogP contribution is 2.18. The topological polar surface area (TPSA) is 119 Å². The van der Waals surface area contributed by atoms with Crippen molar-refractivity contribution in [3.05, 3.63) is 65.1 Å². The van der Waals surface area contributed by atoms with Gasteiger partial charge in [0.2, 0.25) is 10.0 Å². The Morgan fingerprint density at radius 3 is 2.35 bits per heavy atom. The number of oxazole rings is 1. The predicted octanol–water partition coefficient (Wildman–Crippen LogP) is 1.45. The van der Waals surface area contributed by atoms with Crippen molar-refractivity contribution in [2.24, 2.45) is 0 Å². The number of carbonyl (C=O) groups is 2. The first kappa shape index (κ1) is 23.7. The Hall–Kier alpha value is -3.44. The van der Waals surface area contributed by atoms with E-state index in [1.807, 2.05) is 0 Å². The Labute approximate surface area is 196 Å². The first-order valence-electron chi connectivity index (χ1n) is 10.9. The first-order valence-corrected chi connectivity index (χ1v) is 12.3. The summed E-state index contributed by atoms with van der Waals surface area (Å²) in [5.41, 5.74) is 1.01. The molecule has 1 atom stereocenters. The Balaban J connectivity index is 1.29. The number of amides is 1. The average Bonchev–Trinajstić information content (AvgIpc) is 3.17. The van der Waals surface area contributed by atoms with Gasteiger partial charge in [0, 0.05) is 32.7 Å². The summed E-state index contributed by atoms with van der Waals surface area (Å²) in [6, 6.07) is 15.0. The molecule has 0 radical (unpaired) electrons. The summed E-state index contributed by atoms with van der Waals surface area (Å²) in [6.07, 6.45) is -1.13. The van der Waals surface area contributed by atoms with Gasteiger partial charge in [-0.25, -0.2) is 13.2 Å². The Kier molecular flexibility index (Phi) is 6.85. The molecule has 2 aromatic carbocycles. The summed E-state index contributed by atoms with van der Waals surface area (Å²) < 4.78 is 38.6. The van der Waals surface area contributed by atoms with Crippen LogP contribution in [0, 0.1) is 0 Å². The van der Waals surface area contributed by atoms with Crippen molar-refractivity contribution in [2.75, 3.05) is 26.2 Å². The average molecular weight is 488 g/mol. The van der Waals surface area contributed by atoms with Crippen LogP contribution in [-0.2, 0) is 30.9 Å². The molecular weight excluding hydrogens is 462 g/mol. The number of benzene rings is 2. The quantitative estimate of drug-likeness (QED) is 0.463. The smallest absolute Gasteiger partial charge is 0.419 e. The number of aromatic nitrogens is 1. The molecule has 34 heavy (non-hydrogen) atoms. The van der Waals surface area contributed by atoms with E-state index in [1.54, 1.807) is 42.5 Å². The number of carbonyl (C=O) groups excluding carboxylic acids is 2. The van der Waals surface area contributed by atoms with Crippen LogP contribution in [0.1, 0.15) is 13.3 Å². The lowest BCUT2D eigenvalue weighted by Crippen LogP contribution is -2.52. The largest absolute Gasteiger partial charge is 0.452 e. The maximum Gasteiger partial charge on any atom is 0.419 e. The number of hydrogen-bond acceptors (Lipinski definition) is 7. The normalized spacial score (nSPS) is 15.9. The van der Waals surface area contributed by atoms with Crippen molar-refractivity contribution in [3.8, 4) is 0 Å². The number of ether oxygens (including phenoxy) is 1. The lowest BCUT2D eigenvalue weighted by Gasteiger charge is -2.35. The zero-order chi connectivity index (χ0) is 24.3. The molecule has 0 N–H and O–H groups in total. The third kappa shape index (κ3) is 4.90. The van der Waals surface area contributed by atoms with Crippen molar-refractivity contribution in [1.29, 1.82) is 0 Å². The molecule has 0 aliphatic carbocycles. The zero-order valence-corrected chi connectivity index (χ0v) is 19.4. The summed E-state index contributed by atoms with van der Waals surface area (Å²) in [5, 5.41) is 0. The van der Waals surface area contributed by atoms with Crippen LogP contribution in [0.3, 0.4) is 0 Å². The number of hydrogen-bond donors (Lipinski definition) is 0. The molecule has 1 fully saturated rings. The summed E-state index contributed by atoms with van der Waals surface area (Å²) >= 11 is 0. The standard InChI is InChI=1S/C23H25N3O7S/c1-17(32-21(27)11-12-26-19-9-5-6-10-20(19)33-23(26)29)22(28)24-13-15-25(16-14-24)34(30,31)18-7-3-2-4-8-18/h2-10,17H,11-16H2,1H3/t17-/m1/s1. The van der Waals surface area contributed by atoms with Crippen LogP contribution >= 0.6 is 0 Å². The van der Waals surface area contributed by atoms with Crippen molar-refractivity contribution >= 4 is 33.0 Å². The van der Waals surface area contributed by atoms with Crippen LogP contribution in [0.15, 0.2) is 68.7 Å².